The number of pyridine rings is 1. The summed E-state index contributed by atoms with van der Waals surface area (Å²) in [7, 11) is 3.55. The Labute approximate surface area is 227 Å². The molecule has 0 aliphatic carbocycles. The van der Waals surface area contributed by atoms with Gasteiger partial charge in [-0.05, 0) is 30.2 Å². The number of anilines is 2. The van der Waals surface area contributed by atoms with Crippen LogP contribution in [0.1, 0.15) is 35.9 Å². The van der Waals surface area contributed by atoms with E-state index in [9.17, 15) is 9.90 Å². The van der Waals surface area contributed by atoms with Crippen molar-refractivity contribution in [3.63, 3.8) is 0 Å². The number of benzene rings is 1. The Morgan fingerprint density at radius 2 is 1.87 bits per heavy atom. The lowest BCUT2D eigenvalue weighted by atomic mass is 9.99. The quantitative estimate of drug-likeness (QED) is 0.343. The van der Waals surface area contributed by atoms with Crippen LogP contribution in [0.2, 0.25) is 0 Å². The van der Waals surface area contributed by atoms with Gasteiger partial charge in [-0.2, -0.15) is 5.10 Å². The zero-order chi connectivity index (χ0) is 27.5. The summed E-state index contributed by atoms with van der Waals surface area (Å²) in [6, 6.07) is 9.65. The van der Waals surface area contributed by atoms with Gasteiger partial charge in [0.05, 0.1) is 36.6 Å². The van der Waals surface area contributed by atoms with Gasteiger partial charge in [0.2, 0.25) is 5.95 Å². The monoisotopic (exact) mass is 531 g/mol. The van der Waals surface area contributed by atoms with E-state index in [2.05, 4.69) is 45.8 Å². The van der Waals surface area contributed by atoms with Crippen molar-refractivity contribution in [1.82, 2.24) is 24.7 Å². The van der Waals surface area contributed by atoms with Gasteiger partial charge in [-0.1, -0.05) is 19.9 Å². The van der Waals surface area contributed by atoms with Crippen LogP contribution in [-0.4, -0.2) is 89.4 Å². The molecule has 39 heavy (non-hydrogen) atoms. The van der Waals surface area contributed by atoms with Gasteiger partial charge in [0.25, 0.3) is 0 Å². The minimum Gasteiger partial charge on any atom is -0.477 e. The molecule has 4 heterocycles. The highest BCUT2D eigenvalue weighted by Gasteiger charge is 2.24. The minimum atomic E-state index is -1.11. The third-order valence-electron chi connectivity index (χ3n) is 6.80. The van der Waals surface area contributed by atoms with E-state index in [0.717, 1.165) is 35.5 Å². The second kappa shape index (κ2) is 11.3. The molecular formula is C28H33N7O4. The number of aromatic nitrogens is 5. The smallest absolute Gasteiger partial charge is 0.354 e. The molecule has 0 saturated carbocycles. The number of ether oxygens (including phenoxy) is 2. The first-order valence-corrected chi connectivity index (χ1v) is 13.0. The number of rotatable bonds is 9. The van der Waals surface area contributed by atoms with E-state index < -0.39 is 5.97 Å². The number of carbonyl (C=O) groups is 1. The highest BCUT2D eigenvalue weighted by molar-refractivity contribution is 6.00. The van der Waals surface area contributed by atoms with Crippen LogP contribution in [-0.2, 0) is 9.47 Å². The maximum Gasteiger partial charge on any atom is 0.354 e. The van der Waals surface area contributed by atoms with Gasteiger partial charge in [-0.25, -0.2) is 24.4 Å². The second-order valence-corrected chi connectivity index (χ2v) is 9.82. The molecule has 1 saturated heterocycles. The Bertz CT molecular complexity index is 1460. The van der Waals surface area contributed by atoms with Crippen molar-refractivity contribution in [2.24, 2.45) is 0 Å². The predicted molar refractivity (Wildman–Crippen MR) is 149 cm³/mol. The largest absolute Gasteiger partial charge is 0.477 e. The molecule has 0 radical (unpaired) electrons. The molecule has 1 N–H and O–H groups in total. The number of likely N-dealkylation sites (N-methyl/N-ethyl adjacent to an activating group) is 1. The standard InChI is InChI=1S/C28H33N7O4/c1-18(2)25-24-22(19-16-29-28(30-17-19)33(3)8-11-38-4)15-23(27(36)37)31-26(24)35(32-25)21-7-5-6-20(14-21)34-9-12-39-13-10-34/h5-7,14-18H,8-13H2,1-4H3,(H,36,37). The summed E-state index contributed by atoms with van der Waals surface area (Å²) in [5.41, 5.74) is 4.47. The average Bonchev–Trinajstić information content (AvgIpc) is 3.36. The summed E-state index contributed by atoms with van der Waals surface area (Å²) in [5.74, 6) is -0.497. The summed E-state index contributed by atoms with van der Waals surface area (Å²) in [4.78, 5) is 30.0. The van der Waals surface area contributed by atoms with Crippen molar-refractivity contribution >= 4 is 28.6 Å². The number of methoxy groups -OCH3 is 1. The van der Waals surface area contributed by atoms with Gasteiger partial charge >= 0.3 is 5.97 Å². The molecule has 0 bridgehead atoms. The van der Waals surface area contributed by atoms with E-state index in [1.54, 1.807) is 30.3 Å². The molecule has 11 heteroatoms. The molecule has 1 aliphatic rings. The molecule has 0 spiro atoms. The Morgan fingerprint density at radius 1 is 1.15 bits per heavy atom. The highest BCUT2D eigenvalue weighted by Crippen LogP contribution is 2.35. The van der Waals surface area contributed by atoms with Crippen LogP contribution < -0.4 is 9.80 Å². The number of fused-ring (bicyclic) bond motifs is 1. The molecular weight excluding hydrogens is 498 g/mol. The average molecular weight is 532 g/mol. The van der Waals surface area contributed by atoms with Gasteiger partial charge in [0.15, 0.2) is 11.3 Å². The summed E-state index contributed by atoms with van der Waals surface area (Å²) in [5, 5.41) is 15.7. The van der Waals surface area contributed by atoms with Crippen LogP contribution in [0.3, 0.4) is 0 Å². The number of aromatic carboxylic acids is 1. The highest BCUT2D eigenvalue weighted by atomic mass is 16.5. The molecule has 11 nitrogen and oxygen atoms in total. The van der Waals surface area contributed by atoms with Crippen molar-refractivity contribution < 1.29 is 19.4 Å². The first-order chi connectivity index (χ1) is 18.9. The molecule has 0 unspecified atom stereocenters. The molecule has 0 atom stereocenters. The molecule has 4 aromatic rings. The molecule has 1 aromatic carbocycles. The van der Waals surface area contributed by atoms with Gasteiger partial charge in [0.1, 0.15) is 0 Å². The van der Waals surface area contributed by atoms with E-state index in [0.29, 0.717) is 49.1 Å². The van der Waals surface area contributed by atoms with E-state index in [1.807, 2.05) is 24.1 Å². The fraction of sp³-hybridized carbons (Fsp3) is 0.393. The zero-order valence-electron chi connectivity index (χ0n) is 22.7. The van der Waals surface area contributed by atoms with Crippen LogP contribution in [0.5, 0.6) is 0 Å². The number of hydrogen-bond acceptors (Lipinski definition) is 9. The van der Waals surface area contributed by atoms with Crippen molar-refractivity contribution in [2.75, 3.05) is 63.4 Å². The molecule has 1 aliphatic heterocycles. The molecule has 3 aromatic heterocycles. The number of nitrogens with zero attached hydrogens (tertiary/aromatic N) is 7. The van der Waals surface area contributed by atoms with Crippen LogP contribution in [0, 0.1) is 0 Å². The van der Waals surface area contributed by atoms with E-state index >= 15 is 0 Å². The summed E-state index contributed by atoms with van der Waals surface area (Å²) in [6.45, 7) is 8.31. The Morgan fingerprint density at radius 3 is 2.54 bits per heavy atom. The fourth-order valence-electron chi connectivity index (χ4n) is 4.69. The third-order valence-corrected chi connectivity index (χ3v) is 6.80. The van der Waals surface area contributed by atoms with Gasteiger partial charge in [0, 0.05) is 63.0 Å². The lowest BCUT2D eigenvalue weighted by Gasteiger charge is -2.29. The lowest BCUT2D eigenvalue weighted by Crippen LogP contribution is -2.36. The van der Waals surface area contributed by atoms with Crippen molar-refractivity contribution in [3.8, 4) is 16.8 Å². The van der Waals surface area contributed by atoms with Crippen molar-refractivity contribution in [2.45, 2.75) is 19.8 Å². The first-order valence-electron chi connectivity index (χ1n) is 13.0. The Kier molecular flexibility index (Phi) is 7.71. The summed E-state index contributed by atoms with van der Waals surface area (Å²) in [6.07, 6.45) is 3.43. The number of hydrogen-bond donors (Lipinski definition) is 1. The zero-order valence-corrected chi connectivity index (χ0v) is 22.7. The van der Waals surface area contributed by atoms with Gasteiger partial charge in [-0.3, -0.25) is 0 Å². The normalized spacial score (nSPS) is 13.8. The minimum absolute atomic E-state index is 0.0628. The topological polar surface area (TPSA) is 119 Å². The van der Waals surface area contributed by atoms with E-state index in [4.69, 9.17) is 14.6 Å². The maximum atomic E-state index is 12.2. The molecule has 5 rings (SSSR count). The summed E-state index contributed by atoms with van der Waals surface area (Å²) < 4.78 is 12.4. The predicted octanol–water partition coefficient (Wildman–Crippen LogP) is 3.62. The SMILES string of the molecule is COCCN(C)c1ncc(-c2cc(C(=O)O)nc3c2c(C(C)C)nn3-c2cccc(N3CCOCC3)c2)cn1. The summed E-state index contributed by atoms with van der Waals surface area (Å²) >= 11 is 0. The Hall–Kier alpha value is -4.09. The van der Waals surface area contributed by atoms with E-state index in [-0.39, 0.29) is 11.6 Å². The molecule has 204 valence electrons. The fourth-order valence-corrected chi connectivity index (χ4v) is 4.69. The van der Waals surface area contributed by atoms with E-state index in [1.165, 1.54) is 0 Å². The van der Waals surface area contributed by atoms with Crippen LogP contribution >= 0.6 is 0 Å². The molecule has 1 fully saturated rings. The van der Waals surface area contributed by atoms with Crippen LogP contribution in [0.15, 0.2) is 42.7 Å². The molecule has 0 amide bonds. The van der Waals surface area contributed by atoms with Crippen molar-refractivity contribution in [1.29, 1.82) is 0 Å². The Balaban J connectivity index is 1.65. The number of carboxylic acid groups (broad SMARTS) is 1. The van der Waals surface area contributed by atoms with Gasteiger partial charge in [-0.15, -0.1) is 0 Å². The number of carboxylic acids is 1. The first kappa shape index (κ1) is 26.5. The van der Waals surface area contributed by atoms with Crippen LogP contribution in [0.4, 0.5) is 11.6 Å². The maximum absolute atomic E-state index is 12.2. The van der Waals surface area contributed by atoms with Gasteiger partial charge < -0.3 is 24.4 Å². The number of morpholine rings is 1. The second-order valence-electron chi connectivity index (χ2n) is 9.82. The van der Waals surface area contributed by atoms with Crippen molar-refractivity contribution in [3.05, 3.63) is 54.1 Å². The lowest BCUT2D eigenvalue weighted by molar-refractivity contribution is 0.0691. The third kappa shape index (κ3) is 5.41. The van der Waals surface area contributed by atoms with Crippen LogP contribution in [0.25, 0.3) is 27.8 Å².